The molecule has 0 spiro atoms. The fourth-order valence-corrected chi connectivity index (χ4v) is 3.08. The number of rotatable bonds is 5. The summed E-state index contributed by atoms with van der Waals surface area (Å²) in [6.07, 6.45) is 1.98. The van der Waals surface area contributed by atoms with Gasteiger partial charge >= 0.3 is 0 Å². The van der Waals surface area contributed by atoms with Crippen LogP contribution in [0.5, 0.6) is 0 Å². The largest absolute Gasteiger partial charge is 0.380 e. The standard InChI is InChI=1S/C17H18N2S/c1-2-20-17-6-4-3-5-15(17)19-12-13-7-8-14-9-10-18-16(14)11-13/h3-11,18-19H,2,12H2,1H3. The van der Waals surface area contributed by atoms with Crippen molar-refractivity contribution in [3.05, 3.63) is 60.3 Å². The van der Waals surface area contributed by atoms with Gasteiger partial charge in [-0.3, -0.25) is 0 Å². The fourth-order valence-electron chi connectivity index (χ4n) is 2.30. The summed E-state index contributed by atoms with van der Waals surface area (Å²) in [5, 5.41) is 4.80. The molecular formula is C17H18N2S. The van der Waals surface area contributed by atoms with Crippen LogP contribution in [-0.4, -0.2) is 10.7 Å². The van der Waals surface area contributed by atoms with Gasteiger partial charge in [-0.25, -0.2) is 0 Å². The summed E-state index contributed by atoms with van der Waals surface area (Å²) < 4.78 is 0. The molecule has 3 heteroatoms. The number of thioether (sulfide) groups is 1. The molecule has 0 fully saturated rings. The number of para-hydroxylation sites is 1. The second-order valence-corrected chi connectivity index (χ2v) is 5.99. The van der Waals surface area contributed by atoms with Crippen LogP contribution in [0, 0.1) is 0 Å². The van der Waals surface area contributed by atoms with Crippen LogP contribution >= 0.6 is 11.8 Å². The van der Waals surface area contributed by atoms with Gasteiger partial charge in [-0.2, -0.15) is 0 Å². The molecule has 2 aromatic carbocycles. The number of H-pyrrole nitrogens is 1. The van der Waals surface area contributed by atoms with Gasteiger partial charge in [-0.15, -0.1) is 11.8 Å². The lowest BCUT2D eigenvalue weighted by Crippen LogP contribution is -2.00. The van der Waals surface area contributed by atoms with Crippen molar-refractivity contribution in [3.63, 3.8) is 0 Å². The Morgan fingerprint density at radius 3 is 2.90 bits per heavy atom. The highest BCUT2D eigenvalue weighted by molar-refractivity contribution is 7.99. The first-order valence-electron chi connectivity index (χ1n) is 6.88. The molecule has 0 aliphatic carbocycles. The number of benzene rings is 2. The molecule has 0 unspecified atom stereocenters. The maximum absolute atomic E-state index is 3.54. The Hall–Kier alpha value is -1.87. The molecule has 0 aliphatic heterocycles. The van der Waals surface area contributed by atoms with E-state index in [2.05, 4.69) is 65.8 Å². The minimum atomic E-state index is 0.843. The quantitative estimate of drug-likeness (QED) is 0.652. The lowest BCUT2D eigenvalue weighted by Gasteiger charge is -2.11. The molecular weight excluding hydrogens is 264 g/mol. The summed E-state index contributed by atoms with van der Waals surface area (Å²) in [7, 11) is 0. The van der Waals surface area contributed by atoms with Crippen molar-refractivity contribution in [1.29, 1.82) is 0 Å². The third kappa shape index (κ3) is 2.83. The molecule has 0 saturated carbocycles. The van der Waals surface area contributed by atoms with Crippen molar-refractivity contribution in [2.24, 2.45) is 0 Å². The van der Waals surface area contributed by atoms with Gasteiger partial charge in [0.1, 0.15) is 0 Å². The van der Waals surface area contributed by atoms with Crippen molar-refractivity contribution in [2.45, 2.75) is 18.4 Å². The van der Waals surface area contributed by atoms with Crippen molar-refractivity contribution in [3.8, 4) is 0 Å². The van der Waals surface area contributed by atoms with Crippen LogP contribution in [0.3, 0.4) is 0 Å². The van der Waals surface area contributed by atoms with Gasteiger partial charge < -0.3 is 10.3 Å². The zero-order valence-corrected chi connectivity index (χ0v) is 12.3. The van der Waals surface area contributed by atoms with Crippen LogP contribution in [0.1, 0.15) is 12.5 Å². The molecule has 102 valence electrons. The van der Waals surface area contributed by atoms with Gasteiger partial charge in [0.25, 0.3) is 0 Å². The van der Waals surface area contributed by atoms with Gasteiger partial charge in [0.05, 0.1) is 0 Å². The zero-order chi connectivity index (χ0) is 13.8. The number of hydrogen-bond donors (Lipinski definition) is 2. The van der Waals surface area contributed by atoms with Crippen LogP contribution in [0.4, 0.5) is 5.69 Å². The molecule has 0 bridgehead atoms. The van der Waals surface area contributed by atoms with E-state index in [0.717, 1.165) is 12.3 Å². The zero-order valence-electron chi connectivity index (χ0n) is 11.5. The van der Waals surface area contributed by atoms with E-state index < -0.39 is 0 Å². The number of aromatic nitrogens is 1. The summed E-state index contributed by atoms with van der Waals surface area (Å²) in [6.45, 7) is 3.02. The van der Waals surface area contributed by atoms with E-state index in [1.165, 1.54) is 27.0 Å². The highest BCUT2D eigenvalue weighted by atomic mass is 32.2. The van der Waals surface area contributed by atoms with E-state index >= 15 is 0 Å². The van der Waals surface area contributed by atoms with Gasteiger partial charge in [-0.05, 0) is 41.0 Å². The van der Waals surface area contributed by atoms with Crippen molar-refractivity contribution < 1.29 is 0 Å². The van der Waals surface area contributed by atoms with Crippen LogP contribution in [-0.2, 0) is 6.54 Å². The molecule has 3 rings (SSSR count). The fraction of sp³-hybridized carbons (Fsp3) is 0.176. The second kappa shape index (κ2) is 6.06. The summed E-state index contributed by atoms with van der Waals surface area (Å²) >= 11 is 1.87. The maximum Gasteiger partial charge on any atom is 0.0481 e. The van der Waals surface area contributed by atoms with Crippen LogP contribution in [0.15, 0.2) is 59.6 Å². The first kappa shape index (κ1) is 13.1. The highest BCUT2D eigenvalue weighted by Crippen LogP contribution is 2.27. The number of hydrogen-bond acceptors (Lipinski definition) is 2. The van der Waals surface area contributed by atoms with E-state index in [4.69, 9.17) is 0 Å². The first-order chi connectivity index (χ1) is 9.86. The predicted octanol–water partition coefficient (Wildman–Crippen LogP) is 4.89. The third-order valence-electron chi connectivity index (χ3n) is 3.29. The summed E-state index contributed by atoms with van der Waals surface area (Å²) in [6, 6.07) is 17.1. The smallest absolute Gasteiger partial charge is 0.0481 e. The molecule has 3 aromatic rings. The monoisotopic (exact) mass is 282 g/mol. The van der Waals surface area contributed by atoms with Crippen molar-refractivity contribution in [1.82, 2.24) is 4.98 Å². The third-order valence-corrected chi connectivity index (χ3v) is 4.24. The molecule has 2 nitrogen and oxygen atoms in total. The predicted molar refractivity (Wildman–Crippen MR) is 88.5 cm³/mol. The molecule has 0 atom stereocenters. The van der Waals surface area contributed by atoms with Gasteiger partial charge in [-0.1, -0.05) is 31.2 Å². The average molecular weight is 282 g/mol. The van der Waals surface area contributed by atoms with Gasteiger partial charge in [0.15, 0.2) is 0 Å². The molecule has 0 saturated heterocycles. The average Bonchev–Trinajstić information content (AvgIpc) is 2.94. The van der Waals surface area contributed by atoms with Gasteiger partial charge in [0, 0.05) is 28.8 Å². The Morgan fingerprint density at radius 2 is 2.00 bits per heavy atom. The van der Waals surface area contributed by atoms with E-state index in [-0.39, 0.29) is 0 Å². The summed E-state index contributed by atoms with van der Waals surface area (Å²) in [5.74, 6) is 1.09. The topological polar surface area (TPSA) is 27.8 Å². The molecule has 1 aromatic heterocycles. The Kier molecular flexibility index (Phi) is 3.97. The molecule has 1 heterocycles. The normalized spacial score (nSPS) is 10.8. The molecule has 0 radical (unpaired) electrons. The Balaban J connectivity index is 1.75. The number of anilines is 1. The molecule has 0 amide bonds. The second-order valence-electron chi connectivity index (χ2n) is 4.68. The van der Waals surface area contributed by atoms with E-state index in [9.17, 15) is 0 Å². The lowest BCUT2D eigenvalue weighted by atomic mass is 10.1. The first-order valence-corrected chi connectivity index (χ1v) is 7.87. The van der Waals surface area contributed by atoms with Crippen LogP contribution < -0.4 is 5.32 Å². The number of nitrogens with one attached hydrogen (secondary N) is 2. The Bertz CT molecular complexity index is 703. The minimum absolute atomic E-state index is 0.843. The van der Waals surface area contributed by atoms with Crippen molar-refractivity contribution in [2.75, 3.05) is 11.1 Å². The summed E-state index contributed by atoms with van der Waals surface area (Å²) in [5.41, 5.74) is 3.70. The molecule has 0 aliphatic rings. The maximum atomic E-state index is 3.54. The highest BCUT2D eigenvalue weighted by Gasteiger charge is 2.02. The minimum Gasteiger partial charge on any atom is -0.380 e. The molecule has 20 heavy (non-hydrogen) atoms. The number of aromatic amines is 1. The SMILES string of the molecule is CCSc1ccccc1NCc1ccc2cc[nH]c2c1. The van der Waals surface area contributed by atoms with E-state index in [1.807, 2.05) is 18.0 Å². The lowest BCUT2D eigenvalue weighted by molar-refractivity contribution is 1.13. The Morgan fingerprint density at radius 1 is 1.10 bits per heavy atom. The van der Waals surface area contributed by atoms with Crippen LogP contribution in [0.25, 0.3) is 10.9 Å². The van der Waals surface area contributed by atoms with Gasteiger partial charge in [0.2, 0.25) is 0 Å². The number of fused-ring (bicyclic) bond motifs is 1. The van der Waals surface area contributed by atoms with Crippen molar-refractivity contribution >= 4 is 28.4 Å². The van der Waals surface area contributed by atoms with E-state index in [0.29, 0.717) is 0 Å². The summed E-state index contributed by atoms with van der Waals surface area (Å²) in [4.78, 5) is 4.57. The molecule has 2 N–H and O–H groups in total. The van der Waals surface area contributed by atoms with E-state index in [1.54, 1.807) is 0 Å². The van der Waals surface area contributed by atoms with Crippen LogP contribution in [0.2, 0.25) is 0 Å². The Labute approximate surface area is 123 Å².